The molecule has 1 rings (SSSR count). The van der Waals surface area contributed by atoms with E-state index < -0.39 is 0 Å². The van der Waals surface area contributed by atoms with E-state index >= 15 is 0 Å². The van der Waals surface area contributed by atoms with Gasteiger partial charge < -0.3 is 10.5 Å². The first-order chi connectivity index (χ1) is 7.52. The van der Waals surface area contributed by atoms with Crippen LogP contribution in [-0.2, 0) is 11.3 Å². The van der Waals surface area contributed by atoms with Crippen LogP contribution in [0, 0.1) is 13.8 Å². The van der Waals surface area contributed by atoms with Gasteiger partial charge in [0.2, 0.25) is 0 Å². The molecule has 0 aliphatic rings. The monoisotopic (exact) mass is 221 g/mol. The summed E-state index contributed by atoms with van der Waals surface area (Å²) in [5, 5.41) is 0. The first-order valence-electron chi connectivity index (χ1n) is 5.91. The molecule has 0 saturated heterocycles. The average molecular weight is 221 g/mol. The third-order valence-electron chi connectivity index (χ3n) is 3.39. The topological polar surface area (TPSA) is 35.2 Å². The van der Waals surface area contributed by atoms with Crippen molar-refractivity contribution >= 4 is 0 Å². The molecular formula is C14H23NO. The molecule has 2 nitrogen and oxygen atoms in total. The Kier molecular flexibility index (Phi) is 4.51. The molecule has 16 heavy (non-hydrogen) atoms. The van der Waals surface area contributed by atoms with Crippen LogP contribution in [0.1, 0.15) is 37.0 Å². The number of nitrogens with two attached hydrogens (primary N) is 1. The van der Waals surface area contributed by atoms with E-state index in [1.54, 1.807) is 0 Å². The van der Waals surface area contributed by atoms with Gasteiger partial charge in [-0.2, -0.15) is 0 Å². The van der Waals surface area contributed by atoms with Gasteiger partial charge in [0.1, 0.15) is 0 Å². The van der Waals surface area contributed by atoms with Crippen molar-refractivity contribution in [1.29, 1.82) is 0 Å². The zero-order valence-electron chi connectivity index (χ0n) is 10.8. The van der Waals surface area contributed by atoms with Gasteiger partial charge in [0.25, 0.3) is 0 Å². The molecule has 0 radical (unpaired) electrons. The van der Waals surface area contributed by atoms with Gasteiger partial charge in [-0.05, 0) is 43.9 Å². The van der Waals surface area contributed by atoms with Gasteiger partial charge in [0.15, 0.2) is 0 Å². The van der Waals surface area contributed by atoms with Gasteiger partial charge in [-0.25, -0.2) is 0 Å². The Morgan fingerprint density at radius 3 is 2.25 bits per heavy atom. The van der Waals surface area contributed by atoms with Crippen molar-refractivity contribution < 1.29 is 4.74 Å². The smallest absolute Gasteiger partial charge is 0.0778 e. The van der Waals surface area contributed by atoms with Gasteiger partial charge in [0.05, 0.1) is 12.2 Å². The molecule has 0 saturated carbocycles. The Morgan fingerprint density at radius 1 is 1.25 bits per heavy atom. The molecule has 0 aliphatic carbocycles. The maximum Gasteiger partial charge on any atom is 0.0778 e. The highest BCUT2D eigenvalue weighted by Gasteiger charge is 2.21. The normalized spacial score (nSPS) is 14.8. The number of benzene rings is 1. The highest BCUT2D eigenvalue weighted by atomic mass is 16.5. The molecule has 0 aliphatic heterocycles. The lowest BCUT2D eigenvalue weighted by Gasteiger charge is -2.27. The van der Waals surface area contributed by atoms with E-state index in [9.17, 15) is 0 Å². The second-order valence-corrected chi connectivity index (χ2v) is 4.67. The van der Waals surface area contributed by atoms with Crippen LogP contribution >= 0.6 is 0 Å². The van der Waals surface area contributed by atoms with Gasteiger partial charge in [0, 0.05) is 6.54 Å². The van der Waals surface area contributed by atoms with E-state index in [-0.39, 0.29) is 5.60 Å². The van der Waals surface area contributed by atoms with Crippen LogP contribution in [-0.4, -0.2) is 12.1 Å². The number of hydrogen-bond acceptors (Lipinski definition) is 2. The summed E-state index contributed by atoms with van der Waals surface area (Å²) < 4.78 is 5.95. The third-order valence-corrected chi connectivity index (χ3v) is 3.39. The van der Waals surface area contributed by atoms with E-state index in [0.717, 1.165) is 6.42 Å². The van der Waals surface area contributed by atoms with Crippen LogP contribution < -0.4 is 5.73 Å². The number of aryl methyl sites for hydroxylation is 2. The molecule has 0 fully saturated rings. The maximum atomic E-state index is 5.95. The van der Waals surface area contributed by atoms with E-state index in [2.05, 4.69) is 45.9 Å². The minimum absolute atomic E-state index is 0.200. The van der Waals surface area contributed by atoms with Crippen LogP contribution in [0.25, 0.3) is 0 Å². The summed E-state index contributed by atoms with van der Waals surface area (Å²) in [6.07, 6.45) is 0.939. The van der Waals surface area contributed by atoms with Crippen LogP contribution in [0.3, 0.4) is 0 Å². The van der Waals surface area contributed by atoms with Gasteiger partial charge >= 0.3 is 0 Å². The molecule has 2 heteroatoms. The molecule has 0 heterocycles. The van der Waals surface area contributed by atoms with Crippen LogP contribution in [0.4, 0.5) is 0 Å². The Bertz CT molecular complexity index is 322. The van der Waals surface area contributed by atoms with Crippen molar-refractivity contribution in [3.05, 3.63) is 34.9 Å². The quantitative estimate of drug-likeness (QED) is 0.829. The summed E-state index contributed by atoms with van der Waals surface area (Å²) >= 11 is 0. The molecule has 0 amide bonds. The number of ether oxygens (including phenoxy) is 1. The minimum Gasteiger partial charge on any atom is -0.369 e. The molecule has 0 aromatic heterocycles. The van der Waals surface area contributed by atoms with Crippen LogP contribution in [0.2, 0.25) is 0 Å². The fraction of sp³-hybridized carbons (Fsp3) is 0.571. The lowest BCUT2D eigenvalue weighted by Crippen LogP contribution is -2.36. The summed E-state index contributed by atoms with van der Waals surface area (Å²) in [5.41, 5.74) is 9.40. The summed E-state index contributed by atoms with van der Waals surface area (Å²) in [6.45, 7) is 9.64. The Labute approximate surface area is 98.8 Å². The average Bonchev–Trinajstić information content (AvgIpc) is 2.28. The Morgan fingerprint density at radius 2 is 1.81 bits per heavy atom. The lowest BCUT2D eigenvalue weighted by molar-refractivity contribution is -0.0391. The predicted molar refractivity (Wildman–Crippen MR) is 68.5 cm³/mol. The second kappa shape index (κ2) is 5.46. The van der Waals surface area contributed by atoms with Crippen molar-refractivity contribution in [2.24, 2.45) is 5.73 Å². The Balaban J connectivity index is 2.75. The summed E-state index contributed by atoms with van der Waals surface area (Å²) in [5.74, 6) is 0. The first kappa shape index (κ1) is 13.2. The molecule has 0 spiro atoms. The van der Waals surface area contributed by atoms with E-state index in [1.807, 2.05) is 0 Å². The standard InChI is InChI=1S/C14H23NO/c1-5-14(4,10-15)16-9-13-11(2)7-6-8-12(13)3/h6-8H,5,9-10,15H2,1-4H3. The second-order valence-electron chi connectivity index (χ2n) is 4.67. The fourth-order valence-electron chi connectivity index (χ4n) is 1.63. The fourth-order valence-corrected chi connectivity index (χ4v) is 1.63. The molecule has 0 bridgehead atoms. The van der Waals surface area contributed by atoms with Crippen molar-refractivity contribution in [2.45, 2.75) is 46.3 Å². The minimum atomic E-state index is -0.200. The maximum absolute atomic E-state index is 5.95. The van der Waals surface area contributed by atoms with Gasteiger partial charge in [-0.1, -0.05) is 25.1 Å². The van der Waals surface area contributed by atoms with Crippen molar-refractivity contribution in [1.82, 2.24) is 0 Å². The molecule has 90 valence electrons. The van der Waals surface area contributed by atoms with Crippen molar-refractivity contribution in [3.8, 4) is 0 Å². The molecule has 1 unspecified atom stereocenters. The van der Waals surface area contributed by atoms with E-state index in [4.69, 9.17) is 10.5 Å². The summed E-state index contributed by atoms with van der Waals surface area (Å²) in [6, 6.07) is 6.32. The van der Waals surface area contributed by atoms with E-state index in [1.165, 1.54) is 16.7 Å². The zero-order valence-corrected chi connectivity index (χ0v) is 10.8. The SMILES string of the molecule is CCC(C)(CN)OCc1c(C)cccc1C. The number of hydrogen-bond donors (Lipinski definition) is 1. The highest BCUT2D eigenvalue weighted by molar-refractivity contribution is 5.32. The third kappa shape index (κ3) is 3.06. The lowest BCUT2D eigenvalue weighted by atomic mass is 10.0. The molecule has 2 N–H and O–H groups in total. The van der Waals surface area contributed by atoms with E-state index in [0.29, 0.717) is 13.2 Å². The molecule has 1 aromatic carbocycles. The Hall–Kier alpha value is -0.860. The van der Waals surface area contributed by atoms with Crippen molar-refractivity contribution in [3.63, 3.8) is 0 Å². The number of rotatable bonds is 5. The predicted octanol–water partition coefficient (Wildman–Crippen LogP) is 2.95. The summed E-state index contributed by atoms with van der Waals surface area (Å²) in [4.78, 5) is 0. The van der Waals surface area contributed by atoms with Crippen molar-refractivity contribution in [2.75, 3.05) is 6.54 Å². The summed E-state index contributed by atoms with van der Waals surface area (Å²) in [7, 11) is 0. The largest absolute Gasteiger partial charge is 0.369 e. The first-order valence-corrected chi connectivity index (χ1v) is 5.91. The van der Waals surface area contributed by atoms with Crippen LogP contribution in [0.5, 0.6) is 0 Å². The molecule has 1 aromatic rings. The zero-order chi connectivity index (χ0) is 12.2. The van der Waals surface area contributed by atoms with Gasteiger partial charge in [-0.3, -0.25) is 0 Å². The van der Waals surface area contributed by atoms with Gasteiger partial charge in [-0.15, -0.1) is 0 Å². The van der Waals surface area contributed by atoms with Crippen LogP contribution in [0.15, 0.2) is 18.2 Å². The molecule has 1 atom stereocenters. The highest BCUT2D eigenvalue weighted by Crippen LogP contribution is 2.20. The molecular weight excluding hydrogens is 198 g/mol.